The first-order chi connectivity index (χ1) is 12.0. The Balaban J connectivity index is 1.70. The Morgan fingerprint density at radius 3 is 2.64 bits per heavy atom. The highest BCUT2D eigenvalue weighted by Gasteiger charge is 2.15. The van der Waals surface area contributed by atoms with E-state index in [1.807, 2.05) is 31.3 Å². The van der Waals surface area contributed by atoms with Crippen LogP contribution in [0.1, 0.15) is 17.0 Å². The van der Waals surface area contributed by atoms with Crippen LogP contribution >= 0.6 is 0 Å². The summed E-state index contributed by atoms with van der Waals surface area (Å²) < 4.78 is 10.2. The van der Waals surface area contributed by atoms with Gasteiger partial charge in [0.2, 0.25) is 5.96 Å². The maximum absolute atomic E-state index is 5.89. The maximum atomic E-state index is 5.89. The van der Waals surface area contributed by atoms with Crippen LogP contribution < -0.4 is 20.6 Å². The van der Waals surface area contributed by atoms with Gasteiger partial charge in [0.25, 0.3) is 5.65 Å². The third-order valence-corrected chi connectivity index (χ3v) is 3.91. The fourth-order valence-corrected chi connectivity index (χ4v) is 2.54. The van der Waals surface area contributed by atoms with Crippen molar-refractivity contribution in [1.29, 1.82) is 0 Å². The number of imidazole rings is 1. The van der Waals surface area contributed by atoms with Crippen molar-refractivity contribution in [2.24, 2.45) is 28.7 Å². The van der Waals surface area contributed by atoms with Gasteiger partial charge in [-0.2, -0.15) is 9.50 Å². The third-order valence-electron chi connectivity index (χ3n) is 3.91. The lowest BCUT2D eigenvalue weighted by atomic mass is 10.2. The van der Waals surface area contributed by atoms with Crippen LogP contribution in [-0.4, -0.2) is 16.7 Å². The standard InChI is InChI=1S/C18H21N6O/c1-13-4-3-5-17-23(2)15(11-24(13)17)12-25-16-8-6-14(7-9-16)10-21-22-18(19)20/h3-11H,12H2,1-2H3,(H4,19,20,22)/q+1/b21-10+. The number of nitrogens with zero attached hydrogens (tertiary/aromatic N) is 4. The minimum atomic E-state index is -0.0701. The minimum Gasteiger partial charge on any atom is -0.485 e. The predicted molar refractivity (Wildman–Crippen MR) is 97.5 cm³/mol. The number of hydrogen-bond acceptors (Lipinski definition) is 3. The van der Waals surface area contributed by atoms with E-state index in [1.54, 1.807) is 6.21 Å². The number of rotatable bonds is 5. The molecule has 0 unspecified atom stereocenters. The Morgan fingerprint density at radius 2 is 1.96 bits per heavy atom. The molecule has 0 bridgehead atoms. The van der Waals surface area contributed by atoms with Crippen LogP contribution in [0.5, 0.6) is 5.75 Å². The molecule has 25 heavy (non-hydrogen) atoms. The Hall–Kier alpha value is -3.35. The monoisotopic (exact) mass is 337 g/mol. The molecule has 3 rings (SSSR count). The molecule has 0 aliphatic carbocycles. The highest BCUT2D eigenvalue weighted by atomic mass is 16.5. The Kier molecular flexibility index (Phi) is 4.65. The van der Waals surface area contributed by atoms with Gasteiger partial charge in [-0.3, -0.25) is 0 Å². The van der Waals surface area contributed by atoms with E-state index in [1.165, 1.54) is 5.69 Å². The number of aryl methyl sites for hydroxylation is 2. The molecular formula is C18H21N6O+. The van der Waals surface area contributed by atoms with Crippen molar-refractivity contribution in [3.05, 3.63) is 65.6 Å². The molecular weight excluding hydrogens is 316 g/mol. The van der Waals surface area contributed by atoms with Gasteiger partial charge in [-0.15, -0.1) is 5.10 Å². The zero-order chi connectivity index (χ0) is 17.8. The predicted octanol–water partition coefficient (Wildman–Crippen LogP) is 1.26. The van der Waals surface area contributed by atoms with Gasteiger partial charge in [-0.1, -0.05) is 6.07 Å². The molecule has 0 aliphatic heterocycles. The van der Waals surface area contributed by atoms with Gasteiger partial charge in [0.1, 0.15) is 17.6 Å². The van der Waals surface area contributed by atoms with Gasteiger partial charge >= 0.3 is 0 Å². The Labute approximate surface area is 145 Å². The van der Waals surface area contributed by atoms with Crippen molar-refractivity contribution in [2.75, 3.05) is 0 Å². The minimum absolute atomic E-state index is 0.0701. The van der Waals surface area contributed by atoms with E-state index in [0.29, 0.717) is 6.61 Å². The molecule has 0 saturated carbocycles. The van der Waals surface area contributed by atoms with Crippen LogP contribution in [0.25, 0.3) is 5.65 Å². The first-order valence-corrected chi connectivity index (χ1v) is 7.85. The summed E-state index contributed by atoms with van der Waals surface area (Å²) in [5.41, 5.74) is 14.7. The number of guanidine groups is 1. The molecule has 0 spiro atoms. The van der Waals surface area contributed by atoms with E-state index in [4.69, 9.17) is 16.2 Å². The second-order valence-corrected chi connectivity index (χ2v) is 5.70. The fraction of sp³-hybridized carbons (Fsp3) is 0.167. The molecule has 128 valence electrons. The van der Waals surface area contributed by atoms with Crippen LogP contribution in [0.2, 0.25) is 0 Å². The fourth-order valence-electron chi connectivity index (χ4n) is 2.54. The van der Waals surface area contributed by atoms with Crippen molar-refractivity contribution in [3.8, 4) is 5.75 Å². The molecule has 4 N–H and O–H groups in total. The van der Waals surface area contributed by atoms with Crippen molar-refractivity contribution >= 4 is 17.8 Å². The average molecular weight is 337 g/mol. The van der Waals surface area contributed by atoms with Crippen molar-refractivity contribution in [2.45, 2.75) is 13.5 Å². The average Bonchev–Trinajstić information content (AvgIpc) is 2.92. The van der Waals surface area contributed by atoms with Crippen LogP contribution in [0, 0.1) is 6.92 Å². The van der Waals surface area contributed by atoms with Crippen molar-refractivity contribution < 1.29 is 9.14 Å². The number of pyridine rings is 1. The van der Waals surface area contributed by atoms with Gasteiger partial charge in [-0.25, -0.2) is 4.57 Å². The highest BCUT2D eigenvalue weighted by Crippen LogP contribution is 2.14. The van der Waals surface area contributed by atoms with Gasteiger partial charge < -0.3 is 16.2 Å². The number of hydrogen-bond donors (Lipinski definition) is 2. The summed E-state index contributed by atoms with van der Waals surface area (Å²) in [5, 5.41) is 7.34. The van der Waals surface area contributed by atoms with E-state index in [2.05, 4.69) is 50.5 Å². The molecule has 1 aromatic carbocycles. The van der Waals surface area contributed by atoms with Crippen LogP contribution in [0.3, 0.4) is 0 Å². The largest absolute Gasteiger partial charge is 0.485 e. The van der Waals surface area contributed by atoms with E-state index >= 15 is 0 Å². The summed E-state index contributed by atoms with van der Waals surface area (Å²) in [6.45, 7) is 2.57. The lowest BCUT2D eigenvalue weighted by Gasteiger charge is -2.04. The van der Waals surface area contributed by atoms with Gasteiger partial charge in [0.15, 0.2) is 12.3 Å². The molecule has 0 fully saturated rings. The SMILES string of the molecule is Cc1cccc2n(C)c(COc3ccc(/C=N/N=C(N)N)cc3)c[n+]12. The number of benzene rings is 1. The van der Waals surface area contributed by atoms with Crippen molar-refractivity contribution in [1.82, 2.24) is 4.57 Å². The summed E-state index contributed by atoms with van der Waals surface area (Å²) in [6.07, 6.45) is 3.67. The van der Waals surface area contributed by atoms with Gasteiger partial charge in [0, 0.05) is 6.07 Å². The van der Waals surface area contributed by atoms with E-state index in [0.717, 1.165) is 22.7 Å². The molecule has 0 atom stereocenters. The smallest absolute Gasteiger partial charge is 0.286 e. The second-order valence-electron chi connectivity index (χ2n) is 5.70. The Bertz CT molecular complexity index is 936. The third kappa shape index (κ3) is 3.77. The summed E-state index contributed by atoms with van der Waals surface area (Å²) in [7, 11) is 2.04. The highest BCUT2D eigenvalue weighted by molar-refractivity contribution is 5.81. The molecule has 2 heterocycles. The van der Waals surface area contributed by atoms with Gasteiger partial charge in [0.05, 0.1) is 13.3 Å². The van der Waals surface area contributed by atoms with Crippen LogP contribution in [-0.2, 0) is 13.7 Å². The molecule has 3 aromatic rings. The maximum Gasteiger partial charge on any atom is 0.286 e. The normalized spacial score (nSPS) is 11.1. The molecule has 7 nitrogen and oxygen atoms in total. The second kappa shape index (κ2) is 7.04. The number of aromatic nitrogens is 2. The molecule has 7 heteroatoms. The van der Waals surface area contributed by atoms with E-state index < -0.39 is 0 Å². The number of ether oxygens (including phenoxy) is 1. The molecule has 0 amide bonds. The van der Waals surface area contributed by atoms with Gasteiger partial charge in [-0.05, 0) is 42.8 Å². The topological polar surface area (TPSA) is 95.0 Å². The van der Waals surface area contributed by atoms with E-state index in [-0.39, 0.29) is 5.96 Å². The molecule has 0 aliphatic rings. The van der Waals surface area contributed by atoms with Crippen LogP contribution in [0.4, 0.5) is 0 Å². The molecule has 2 aromatic heterocycles. The van der Waals surface area contributed by atoms with E-state index in [9.17, 15) is 0 Å². The first-order valence-electron chi connectivity index (χ1n) is 7.85. The quantitative estimate of drug-likeness (QED) is 0.317. The summed E-state index contributed by atoms with van der Waals surface area (Å²) in [5.74, 6) is 0.713. The molecule has 0 saturated heterocycles. The Morgan fingerprint density at radius 1 is 1.20 bits per heavy atom. The summed E-state index contributed by atoms with van der Waals surface area (Å²) in [4.78, 5) is 0. The summed E-state index contributed by atoms with van der Waals surface area (Å²) >= 11 is 0. The van der Waals surface area contributed by atoms with Crippen LogP contribution in [0.15, 0.2) is 58.9 Å². The molecule has 0 radical (unpaired) electrons. The zero-order valence-corrected chi connectivity index (χ0v) is 14.3. The lowest BCUT2D eigenvalue weighted by Crippen LogP contribution is -2.22. The zero-order valence-electron chi connectivity index (χ0n) is 14.3. The van der Waals surface area contributed by atoms with Crippen molar-refractivity contribution in [3.63, 3.8) is 0 Å². The first kappa shape index (κ1) is 16.5. The lowest BCUT2D eigenvalue weighted by molar-refractivity contribution is -0.518. The summed E-state index contributed by atoms with van der Waals surface area (Å²) in [6, 6.07) is 13.8. The number of fused-ring (bicyclic) bond motifs is 1. The number of nitrogens with two attached hydrogens (primary N) is 2.